The second-order valence-electron chi connectivity index (χ2n) is 3.71. The van der Waals surface area contributed by atoms with Crippen molar-refractivity contribution in [2.75, 3.05) is 6.61 Å². The molecular weight excluding hydrogens is 213 g/mol. The summed E-state index contributed by atoms with van der Waals surface area (Å²) in [7, 11) is 0. The first-order valence-electron chi connectivity index (χ1n) is 5.67. The zero-order valence-electron chi connectivity index (χ0n) is 9.74. The number of rotatable bonds is 3. The van der Waals surface area contributed by atoms with E-state index < -0.39 is 0 Å². The standard InChI is InChI=1S/C13H14BNO2/c1-2-17-13(16)8-7-12-6-5-11-15-10-4-3-9-14(12)15/h3-11H,2H2,1H3/b8-7+. The smallest absolute Gasteiger partial charge is 0.330 e. The third-order valence-corrected chi connectivity index (χ3v) is 2.57. The molecule has 0 aromatic rings. The third kappa shape index (κ3) is 2.78. The van der Waals surface area contributed by atoms with Crippen LogP contribution in [0.15, 0.2) is 60.3 Å². The molecule has 0 aromatic carbocycles. The van der Waals surface area contributed by atoms with Crippen molar-refractivity contribution in [1.82, 2.24) is 4.81 Å². The highest BCUT2D eigenvalue weighted by atomic mass is 16.5. The second-order valence-corrected chi connectivity index (χ2v) is 3.71. The van der Waals surface area contributed by atoms with Gasteiger partial charge in [0.25, 0.3) is 0 Å². The quantitative estimate of drug-likeness (QED) is 0.419. The van der Waals surface area contributed by atoms with Crippen LogP contribution in [0.25, 0.3) is 0 Å². The number of carbonyl (C=O) groups excluding carboxylic acids is 1. The van der Waals surface area contributed by atoms with E-state index >= 15 is 0 Å². The van der Waals surface area contributed by atoms with Gasteiger partial charge in [0.05, 0.1) is 6.61 Å². The van der Waals surface area contributed by atoms with Gasteiger partial charge in [-0.3, -0.25) is 0 Å². The zero-order valence-corrected chi connectivity index (χ0v) is 9.74. The maximum absolute atomic E-state index is 11.2. The van der Waals surface area contributed by atoms with Gasteiger partial charge in [0.1, 0.15) is 0 Å². The topological polar surface area (TPSA) is 29.5 Å². The lowest BCUT2D eigenvalue weighted by Gasteiger charge is -2.27. The average Bonchev–Trinajstić information content (AvgIpc) is 2.36. The number of hydrogen-bond donors (Lipinski definition) is 0. The summed E-state index contributed by atoms with van der Waals surface area (Å²) < 4.78 is 4.85. The van der Waals surface area contributed by atoms with E-state index in [9.17, 15) is 4.79 Å². The zero-order chi connectivity index (χ0) is 12.1. The maximum atomic E-state index is 11.2. The third-order valence-electron chi connectivity index (χ3n) is 2.57. The number of fused-ring (bicyclic) bond motifs is 1. The Morgan fingerprint density at radius 1 is 1.41 bits per heavy atom. The van der Waals surface area contributed by atoms with Gasteiger partial charge in [-0.05, 0) is 31.5 Å². The van der Waals surface area contributed by atoms with E-state index in [0.717, 1.165) is 5.47 Å². The summed E-state index contributed by atoms with van der Waals surface area (Å²) in [6.45, 7) is 2.38. The van der Waals surface area contributed by atoms with Gasteiger partial charge in [-0.25, -0.2) is 4.79 Å². The predicted molar refractivity (Wildman–Crippen MR) is 68.9 cm³/mol. The molecule has 86 valence electrons. The lowest BCUT2D eigenvalue weighted by molar-refractivity contribution is -0.137. The molecule has 2 aliphatic heterocycles. The molecule has 4 heteroatoms. The van der Waals surface area contributed by atoms with Crippen LogP contribution in [0.2, 0.25) is 0 Å². The normalized spacial score (nSPS) is 17.4. The van der Waals surface area contributed by atoms with Crippen LogP contribution < -0.4 is 0 Å². The van der Waals surface area contributed by atoms with Crippen molar-refractivity contribution in [3.8, 4) is 0 Å². The molecule has 3 nitrogen and oxygen atoms in total. The van der Waals surface area contributed by atoms with Crippen molar-refractivity contribution in [3.05, 3.63) is 60.3 Å². The average molecular weight is 227 g/mol. The van der Waals surface area contributed by atoms with Gasteiger partial charge < -0.3 is 9.55 Å². The number of allylic oxidation sites excluding steroid dienone is 6. The van der Waals surface area contributed by atoms with Gasteiger partial charge >= 0.3 is 12.8 Å². The Hall–Kier alpha value is -1.97. The van der Waals surface area contributed by atoms with E-state index in [2.05, 4.69) is 10.8 Å². The summed E-state index contributed by atoms with van der Waals surface area (Å²) in [5.74, 6) is 1.79. The molecule has 0 atom stereocenters. The van der Waals surface area contributed by atoms with Crippen molar-refractivity contribution >= 4 is 12.8 Å². The minimum absolute atomic E-state index is 0.177. The van der Waals surface area contributed by atoms with E-state index in [-0.39, 0.29) is 12.8 Å². The Kier molecular flexibility index (Phi) is 3.65. The molecular formula is C13H14BNO2. The highest BCUT2D eigenvalue weighted by molar-refractivity contribution is 6.71. The van der Waals surface area contributed by atoms with Crippen molar-refractivity contribution in [2.45, 2.75) is 6.92 Å². The summed E-state index contributed by atoms with van der Waals surface area (Å²) in [5, 5.41) is 0. The van der Waals surface area contributed by atoms with Crippen molar-refractivity contribution in [3.63, 3.8) is 0 Å². The second kappa shape index (κ2) is 5.39. The van der Waals surface area contributed by atoms with Crippen molar-refractivity contribution < 1.29 is 9.53 Å². The number of esters is 1. The fraction of sp³-hybridized carbons (Fsp3) is 0.154. The van der Waals surface area contributed by atoms with E-state index in [1.807, 2.05) is 42.8 Å². The van der Waals surface area contributed by atoms with Crippen LogP contribution in [0.1, 0.15) is 6.92 Å². The van der Waals surface area contributed by atoms with Crippen LogP contribution >= 0.6 is 0 Å². The fourth-order valence-corrected chi connectivity index (χ4v) is 1.80. The first-order chi connectivity index (χ1) is 8.31. The molecule has 0 bridgehead atoms. The number of hydrogen-bond acceptors (Lipinski definition) is 3. The van der Waals surface area contributed by atoms with Crippen molar-refractivity contribution in [1.29, 1.82) is 0 Å². The van der Waals surface area contributed by atoms with Gasteiger partial charge in [0.15, 0.2) is 0 Å². The molecule has 17 heavy (non-hydrogen) atoms. The number of ether oxygens (including phenoxy) is 1. The van der Waals surface area contributed by atoms with Gasteiger partial charge in [-0.15, -0.1) is 0 Å². The minimum atomic E-state index is -0.301. The highest BCUT2D eigenvalue weighted by Crippen LogP contribution is 2.18. The van der Waals surface area contributed by atoms with Gasteiger partial charge in [-0.2, -0.15) is 0 Å². The first-order valence-corrected chi connectivity index (χ1v) is 5.67. The Bertz CT molecular complexity index is 446. The summed E-state index contributed by atoms with van der Waals surface area (Å²) in [4.78, 5) is 13.3. The molecule has 0 aromatic heterocycles. The molecule has 0 N–H and O–H groups in total. The Morgan fingerprint density at radius 2 is 2.24 bits per heavy atom. The predicted octanol–water partition coefficient (Wildman–Crippen LogP) is 2.01. The summed E-state index contributed by atoms with van der Waals surface area (Å²) >= 11 is 0. The molecule has 0 saturated carbocycles. The Labute approximate surface area is 102 Å². The SMILES string of the molecule is CCOC(=O)/C=C/C1=CC=CN2C=CC=CB12. The van der Waals surface area contributed by atoms with E-state index in [1.54, 1.807) is 6.92 Å². The van der Waals surface area contributed by atoms with Gasteiger partial charge in [0.2, 0.25) is 0 Å². The van der Waals surface area contributed by atoms with Crippen LogP contribution in [-0.4, -0.2) is 24.2 Å². The molecule has 0 amide bonds. The van der Waals surface area contributed by atoms with Crippen LogP contribution in [0.3, 0.4) is 0 Å². The van der Waals surface area contributed by atoms with Crippen molar-refractivity contribution in [2.24, 2.45) is 0 Å². The molecule has 0 radical (unpaired) electrons. The molecule has 0 aliphatic carbocycles. The first kappa shape index (κ1) is 11.5. The lowest BCUT2D eigenvalue weighted by atomic mass is 9.52. The van der Waals surface area contributed by atoms with Gasteiger partial charge in [0, 0.05) is 6.08 Å². The largest absolute Gasteiger partial charge is 0.463 e. The maximum Gasteiger partial charge on any atom is 0.330 e. The summed E-state index contributed by atoms with van der Waals surface area (Å²) in [5.41, 5.74) is 1.07. The fourth-order valence-electron chi connectivity index (χ4n) is 1.80. The molecule has 2 aliphatic rings. The summed E-state index contributed by atoms with van der Waals surface area (Å²) in [6.07, 6.45) is 15.2. The Balaban J connectivity index is 2.08. The van der Waals surface area contributed by atoms with Crippen LogP contribution in [0, 0.1) is 0 Å². The van der Waals surface area contributed by atoms with Crippen LogP contribution in [0.5, 0.6) is 0 Å². The molecule has 0 spiro atoms. The van der Waals surface area contributed by atoms with E-state index in [1.165, 1.54) is 6.08 Å². The minimum Gasteiger partial charge on any atom is -0.463 e. The highest BCUT2D eigenvalue weighted by Gasteiger charge is 2.23. The van der Waals surface area contributed by atoms with Gasteiger partial charge in [-0.1, -0.05) is 29.7 Å². The molecule has 2 heterocycles. The number of carbonyl (C=O) groups is 1. The number of nitrogens with zero attached hydrogens (tertiary/aromatic N) is 1. The molecule has 0 fully saturated rings. The lowest BCUT2D eigenvalue weighted by Crippen LogP contribution is -2.34. The molecule has 0 unspecified atom stereocenters. The van der Waals surface area contributed by atoms with E-state index in [0.29, 0.717) is 6.61 Å². The molecule has 0 saturated heterocycles. The van der Waals surface area contributed by atoms with Crippen LogP contribution in [0.4, 0.5) is 0 Å². The molecule has 2 rings (SSSR count). The summed E-state index contributed by atoms with van der Waals surface area (Å²) in [6, 6.07) is 0. The monoisotopic (exact) mass is 227 g/mol. The van der Waals surface area contributed by atoms with E-state index in [4.69, 9.17) is 4.74 Å². The van der Waals surface area contributed by atoms with Crippen LogP contribution in [-0.2, 0) is 9.53 Å². The Morgan fingerprint density at radius 3 is 3.06 bits per heavy atom.